The molecule has 0 bridgehead atoms. The number of aldehydes is 1. The lowest BCUT2D eigenvalue weighted by atomic mass is 10.0. The van der Waals surface area contributed by atoms with Gasteiger partial charge in [-0.1, -0.05) is 0 Å². The minimum absolute atomic E-state index is 0.0258. The molecule has 0 saturated carbocycles. The molecule has 0 spiro atoms. The van der Waals surface area contributed by atoms with Crippen LogP contribution in [-0.4, -0.2) is 18.6 Å². The fraction of sp³-hybridized carbons (Fsp3) is 0.100. The molecule has 0 amide bonds. The molecule has 4 nitrogen and oxygen atoms in total. The molecular formula is C10H6ClNO3. The third-order valence-electron chi connectivity index (χ3n) is 1.85. The molecule has 0 heterocycles. The van der Waals surface area contributed by atoms with E-state index in [-0.39, 0.29) is 22.4 Å². The lowest BCUT2D eigenvalue weighted by Gasteiger charge is -2.07. The minimum Gasteiger partial charge on any atom is -0.495 e. The zero-order chi connectivity index (χ0) is 11.4. The zero-order valence-corrected chi connectivity index (χ0v) is 8.54. The third kappa shape index (κ3) is 1.97. The van der Waals surface area contributed by atoms with E-state index in [0.717, 1.165) is 0 Å². The van der Waals surface area contributed by atoms with Crippen molar-refractivity contribution in [1.29, 1.82) is 5.26 Å². The second kappa shape index (κ2) is 4.58. The van der Waals surface area contributed by atoms with Crippen molar-refractivity contribution in [3.05, 3.63) is 28.8 Å². The Morgan fingerprint density at radius 3 is 2.67 bits per heavy atom. The van der Waals surface area contributed by atoms with Crippen LogP contribution in [-0.2, 0) is 0 Å². The van der Waals surface area contributed by atoms with Gasteiger partial charge in [-0.3, -0.25) is 9.59 Å². The van der Waals surface area contributed by atoms with E-state index in [1.165, 1.54) is 19.2 Å². The van der Waals surface area contributed by atoms with Crippen molar-refractivity contribution in [2.75, 3.05) is 7.11 Å². The summed E-state index contributed by atoms with van der Waals surface area (Å²) in [5.41, 5.74) is -0.0667. The van der Waals surface area contributed by atoms with Crippen LogP contribution < -0.4 is 4.74 Å². The van der Waals surface area contributed by atoms with Crippen molar-refractivity contribution in [2.24, 2.45) is 0 Å². The van der Waals surface area contributed by atoms with Gasteiger partial charge in [0.1, 0.15) is 17.4 Å². The van der Waals surface area contributed by atoms with Crippen LogP contribution in [0.5, 0.6) is 5.75 Å². The smallest absolute Gasteiger partial charge is 0.254 e. The van der Waals surface area contributed by atoms with E-state index in [9.17, 15) is 9.59 Å². The summed E-state index contributed by atoms with van der Waals surface area (Å²) in [6.45, 7) is 0. The highest BCUT2D eigenvalue weighted by molar-refractivity contribution is 6.68. The van der Waals surface area contributed by atoms with Crippen LogP contribution in [0.15, 0.2) is 12.1 Å². The molecule has 1 aromatic carbocycles. The van der Waals surface area contributed by atoms with Gasteiger partial charge in [0.15, 0.2) is 6.29 Å². The molecule has 0 aliphatic rings. The average molecular weight is 224 g/mol. The van der Waals surface area contributed by atoms with Crippen LogP contribution in [0.4, 0.5) is 0 Å². The Morgan fingerprint density at radius 2 is 2.27 bits per heavy atom. The van der Waals surface area contributed by atoms with Crippen LogP contribution in [0.1, 0.15) is 26.3 Å². The number of nitriles is 1. The standard InChI is InChI=1S/C10H6ClNO3/c1-15-8-3-2-6(5-13)9(10(11)14)7(8)4-12/h2-3,5H,1H3. The van der Waals surface area contributed by atoms with Gasteiger partial charge in [0.25, 0.3) is 5.24 Å². The summed E-state index contributed by atoms with van der Waals surface area (Å²) in [6, 6.07) is 4.60. The van der Waals surface area contributed by atoms with Gasteiger partial charge in [0, 0.05) is 5.56 Å². The van der Waals surface area contributed by atoms with E-state index in [4.69, 9.17) is 21.6 Å². The van der Waals surface area contributed by atoms with Gasteiger partial charge in [-0.2, -0.15) is 5.26 Å². The molecule has 0 radical (unpaired) electrons. The predicted octanol–water partition coefficient (Wildman–Crippen LogP) is 1.76. The SMILES string of the molecule is COc1ccc(C=O)c(C(=O)Cl)c1C#N. The first-order valence-electron chi connectivity index (χ1n) is 3.91. The van der Waals surface area contributed by atoms with E-state index in [2.05, 4.69) is 0 Å². The first-order valence-corrected chi connectivity index (χ1v) is 4.29. The molecule has 76 valence electrons. The molecule has 0 aromatic heterocycles. The Morgan fingerprint density at radius 1 is 1.60 bits per heavy atom. The number of carbonyl (C=O) groups is 2. The number of hydrogen-bond acceptors (Lipinski definition) is 4. The number of benzene rings is 1. The topological polar surface area (TPSA) is 67.2 Å². The van der Waals surface area contributed by atoms with E-state index in [1.54, 1.807) is 6.07 Å². The highest BCUT2D eigenvalue weighted by Crippen LogP contribution is 2.25. The Labute approximate surface area is 91.0 Å². The highest BCUT2D eigenvalue weighted by Gasteiger charge is 2.18. The molecule has 1 aromatic rings. The van der Waals surface area contributed by atoms with Gasteiger partial charge in [-0.15, -0.1) is 0 Å². The van der Waals surface area contributed by atoms with Gasteiger partial charge in [0.2, 0.25) is 0 Å². The molecule has 0 saturated heterocycles. The Bertz CT molecular complexity index is 462. The Hall–Kier alpha value is -1.86. The van der Waals surface area contributed by atoms with Gasteiger partial charge in [-0.05, 0) is 23.7 Å². The zero-order valence-electron chi connectivity index (χ0n) is 7.78. The molecule has 0 N–H and O–H groups in total. The first kappa shape index (κ1) is 11.2. The van der Waals surface area contributed by atoms with Crippen molar-refractivity contribution in [1.82, 2.24) is 0 Å². The van der Waals surface area contributed by atoms with Crippen molar-refractivity contribution in [3.8, 4) is 11.8 Å². The molecule has 0 aliphatic heterocycles. The average Bonchev–Trinajstić information content (AvgIpc) is 2.26. The fourth-order valence-electron chi connectivity index (χ4n) is 1.19. The number of ether oxygens (including phenoxy) is 1. The molecule has 5 heteroatoms. The maximum atomic E-state index is 11.1. The van der Waals surface area contributed by atoms with E-state index >= 15 is 0 Å². The van der Waals surface area contributed by atoms with E-state index < -0.39 is 5.24 Å². The summed E-state index contributed by atoms with van der Waals surface area (Å²) in [5, 5.41) is 7.99. The van der Waals surface area contributed by atoms with Crippen LogP contribution >= 0.6 is 11.6 Å². The van der Waals surface area contributed by atoms with Crippen molar-refractivity contribution >= 4 is 23.1 Å². The monoisotopic (exact) mass is 223 g/mol. The van der Waals surface area contributed by atoms with Crippen LogP contribution in [0.2, 0.25) is 0 Å². The highest BCUT2D eigenvalue weighted by atomic mass is 35.5. The molecule has 0 aliphatic carbocycles. The second-order valence-corrected chi connectivity index (χ2v) is 2.95. The fourth-order valence-corrected chi connectivity index (χ4v) is 1.39. The summed E-state index contributed by atoms with van der Waals surface area (Å²) in [6.07, 6.45) is 0.468. The summed E-state index contributed by atoms with van der Waals surface area (Å²) >= 11 is 5.30. The van der Waals surface area contributed by atoms with Crippen LogP contribution in [0, 0.1) is 11.3 Å². The minimum atomic E-state index is -0.854. The van der Waals surface area contributed by atoms with Crippen molar-refractivity contribution in [2.45, 2.75) is 0 Å². The quantitative estimate of drug-likeness (QED) is 0.578. The Kier molecular flexibility index (Phi) is 3.42. The largest absolute Gasteiger partial charge is 0.495 e. The lowest BCUT2D eigenvalue weighted by molar-refractivity contribution is 0.106. The molecular weight excluding hydrogens is 218 g/mol. The molecule has 0 fully saturated rings. The normalized spacial score (nSPS) is 9.13. The Balaban J connectivity index is 3.60. The second-order valence-electron chi connectivity index (χ2n) is 2.61. The van der Waals surface area contributed by atoms with E-state index in [0.29, 0.717) is 6.29 Å². The summed E-state index contributed by atoms with van der Waals surface area (Å²) < 4.78 is 4.88. The number of hydrogen-bond donors (Lipinski definition) is 0. The number of nitrogens with zero attached hydrogens (tertiary/aromatic N) is 1. The summed E-state index contributed by atoms with van der Waals surface area (Å²) in [4.78, 5) is 21.7. The summed E-state index contributed by atoms with van der Waals surface area (Å²) in [5.74, 6) is 0.215. The third-order valence-corrected chi connectivity index (χ3v) is 2.04. The van der Waals surface area contributed by atoms with Crippen LogP contribution in [0.25, 0.3) is 0 Å². The predicted molar refractivity (Wildman–Crippen MR) is 53.3 cm³/mol. The van der Waals surface area contributed by atoms with Gasteiger partial charge in [0.05, 0.1) is 12.7 Å². The van der Waals surface area contributed by atoms with Gasteiger partial charge in [-0.25, -0.2) is 0 Å². The number of halogens is 1. The van der Waals surface area contributed by atoms with Gasteiger partial charge >= 0.3 is 0 Å². The van der Waals surface area contributed by atoms with Crippen LogP contribution in [0.3, 0.4) is 0 Å². The summed E-state index contributed by atoms with van der Waals surface area (Å²) in [7, 11) is 1.36. The molecule has 0 unspecified atom stereocenters. The van der Waals surface area contributed by atoms with Crippen molar-refractivity contribution in [3.63, 3.8) is 0 Å². The maximum absolute atomic E-state index is 11.1. The van der Waals surface area contributed by atoms with Gasteiger partial charge < -0.3 is 4.74 Å². The molecule has 0 atom stereocenters. The lowest BCUT2D eigenvalue weighted by Crippen LogP contribution is -2.03. The van der Waals surface area contributed by atoms with E-state index in [1.807, 2.05) is 0 Å². The first-order chi connectivity index (χ1) is 7.15. The molecule has 15 heavy (non-hydrogen) atoms. The molecule has 1 rings (SSSR count). The number of methoxy groups -OCH3 is 1. The van der Waals surface area contributed by atoms with Crippen molar-refractivity contribution < 1.29 is 14.3 Å². The maximum Gasteiger partial charge on any atom is 0.254 e. The number of carbonyl (C=O) groups excluding carboxylic acids is 2. The number of rotatable bonds is 3.